The summed E-state index contributed by atoms with van der Waals surface area (Å²) in [7, 11) is 0. The Kier molecular flexibility index (Phi) is 8.91. The average Bonchev–Trinajstić information content (AvgIpc) is 2.30. The van der Waals surface area contributed by atoms with E-state index in [4.69, 9.17) is 9.84 Å². The fraction of sp³-hybridized carbons (Fsp3) is 0.727. The maximum Gasteiger partial charge on any atom is 0.345 e. The number of esters is 1. The van der Waals surface area contributed by atoms with Crippen LogP contribution < -0.4 is 0 Å². The number of thioether (sulfide) groups is 2. The Morgan fingerprint density at radius 2 is 1.89 bits per heavy atom. The molecule has 0 saturated heterocycles. The fourth-order valence-electron chi connectivity index (χ4n) is 0.947. The van der Waals surface area contributed by atoms with Gasteiger partial charge in [0, 0.05) is 18.4 Å². The summed E-state index contributed by atoms with van der Waals surface area (Å²) in [6.07, 6.45) is -1.12. The molecule has 0 aliphatic rings. The lowest BCUT2D eigenvalue weighted by atomic mass is 10.2. The van der Waals surface area contributed by atoms with Gasteiger partial charge in [0.25, 0.3) is 0 Å². The first-order chi connectivity index (χ1) is 8.38. The van der Waals surface area contributed by atoms with Crippen molar-refractivity contribution in [2.24, 2.45) is 5.92 Å². The van der Waals surface area contributed by atoms with Gasteiger partial charge >= 0.3 is 11.9 Å². The summed E-state index contributed by atoms with van der Waals surface area (Å²) in [4.78, 5) is 33.2. The average molecular weight is 294 g/mol. The molecule has 0 bridgehead atoms. The Hall–Kier alpha value is -0.690. The summed E-state index contributed by atoms with van der Waals surface area (Å²) in [5.74, 6) is -0.904. The van der Waals surface area contributed by atoms with Crippen LogP contribution in [0.4, 0.5) is 0 Å². The standard InChI is InChI=1S/C11H18O5S2/c1-4-17-6-9(10(13)14)16-11(15)7(2)5-18-8(3)12/h7,9H,4-6H2,1-3H3,(H,13,14)/t7?,9-/m0/s1. The van der Waals surface area contributed by atoms with Gasteiger partial charge in [0.05, 0.1) is 5.92 Å². The molecule has 18 heavy (non-hydrogen) atoms. The van der Waals surface area contributed by atoms with Crippen LogP contribution in [-0.2, 0) is 19.1 Å². The number of rotatable bonds is 8. The molecular weight excluding hydrogens is 276 g/mol. The Morgan fingerprint density at radius 1 is 1.28 bits per heavy atom. The molecule has 0 aliphatic carbocycles. The second-order valence-electron chi connectivity index (χ2n) is 3.63. The van der Waals surface area contributed by atoms with Crippen LogP contribution >= 0.6 is 23.5 Å². The predicted molar refractivity (Wildman–Crippen MR) is 72.8 cm³/mol. The minimum Gasteiger partial charge on any atom is -0.478 e. The molecule has 0 spiro atoms. The molecule has 0 fully saturated rings. The summed E-state index contributed by atoms with van der Waals surface area (Å²) >= 11 is 2.43. The Labute approximate surface area is 115 Å². The molecule has 0 heterocycles. The van der Waals surface area contributed by atoms with Gasteiger partial charge < -0.3 is 9.84 Å². The molecule has 0 radical (unpaired) electrons. The van der Waals surface area contributed by atoms with Crippen molar-refractivity contribution in [1.82, 2.24) is 0 Å². The van der Waals surface area contributed by atoms with Crippen molar-refractivity contribution in [3.63, 3.8) is 0 Å². The monoisotopic (exact) mass is 294 g/mol. The van der Waals surface area contributed by atoms with Crippen molar-refractivity contribution < 1.29 is 24.2 Å². The molecule has 0 aromatic rings. The number of carboxylic acids is 1. The number of aliphatic carboxylic acids is 1. The summed E-state index contributed by atoms with van der Waals surface area (Å²) in [6, 6.07) is 0. The Morgan fingerprint density at radius 3 is 2.33 bits per heavy atom. The molecule has 1 unspecified atom stereocenters. The van der Waals surface area contributed by atoms with Gasteiger partial charge in [-0.15, -0.1) is 0 Å². The van der Waals surface area contributed by atoms with E-state index in [1.807, 2.05) is 6.92 Å². The van der Waals surface area contributed by atoms with Crippen LogP contribution in [0.5, 0.6) is 0 Å². The normalized spacial score (nSPS) is 13.7. The zero-order valence-corrected chi connectivity index (χ0v) is 12.3. The van der Waals surface area contributed by atoms with Crippen molar-refractivity contribution >= 4 is 40.6 Å². The number of ether oxygens (including phenoxy) is 1. The SMILES string of the molecule is CCSC[C@H](OC(=O)C(C)CSC(C)=O)C(=O)O. The zero-order chi connectivity index (χ0) is 14.1. The highest BCUT2D eigenvalue weighted by Gasteiger charge is 2.25. The van der Waals surface area contributed by atoms with E-state index in [1.165, 1.54) is 18.7 Å². The lowest BCUT2D eigenvalue weighted by molar-refractivity contribution is -0.164. The molecule has 0 aliphatic heterocycles. The van der Waals surface area contributed by atoms with Crippen molar-refractivity contribution in [3.05, 3.63) is 0 Å². The molecule has 5 nitrogen and oxygen atoms in total. The van der Waals surface area contributed by atoms with Gasteiger partial charge in [-0.1, -0.05) is 25.6 Å². The number of carboxylic acid groups (broad SMARTS) is 1. The second kappa shape index (κ2) is 9.27. The van der Waals surface area contributed by atoms with Crippen LogP contribution in [0, 0.1) is 5.92 Å². The van der Waals surface area contributed by atoms with Crippen LogP contribution in [0.15, 0.2) is 0 Å². The largest absolute Gasteiger partial charge is 0.478 e. The molecule has 0 saturated carbocycles. The molecular formula is C11H18O5S2. The number of carbonyl (C=O) groups is 3. The lowest BCUT2D eigenvalue weighted by Gasteiger charge is -2.16. The first kappa shape index (κ1) is 17.3. The van der Waals surface area contributed by atoms with Gasteiger partial charge in [-0.3, -0.25) is 9.59 Å². The molecule has 0 rings (SSSR count). The van der Waals surface area contributed by atoms with Crippen LogP contribution in [0.2, 0.25) is 0 Å². The van der Waals surface area contributed by atoms with Crippen molar-refractivity contribution in [2.45, 2.75) is 26.9 Å². The minimum atomic E-state index is -1.14. The second-order valence-corrected chi connectivity index (χ2v) is 6.14. The van der Waals surface area contributed by atoms with Gasteiger partial charge in [0.1, 0.15) is 0 Å². The maximum absolute atomic E-state index is 11.6. The fourth-order valence-corrected chi connectivity index (χ4v) is 2.23. The maximum atomic E-state index is 11.6. The molecule has 0 aromatic heterocycles. The van der Waals surface area contributed by atoms with Gasteiger partial charge in [-0.2, -0.15) is 11.8 Å². The van der Waals surface area contributed by atoms with E-state index in [0.29, 0.717) is 5.75 Å². The molecule has 104 valence electrons. The van der Waals surface area contributed by atoms with E-state index in [1.54, 1.807) is 6.92 Å². The summed E-state index contributed by atoms with van der Waals surface area (Å²) < 4.78 is 4.92. The predicted octanol–water partition coefficient (Wildman–Crippen LogP) is 1.65. The van der Waals surface area contributed by atoms with Crippen LogP contribution in [0.3, 0.4) is 0 Å². The van der Waals surface area contributed by atoms with E-state index in [9.17, 15) is 14.4 Å². The quantitative estimate of drug-likeness (QED) is 0.682. The van der Waals surface area contributed by atoms with Gasteiger partial charge in [-0.05, 0) is 5.75 Å². The van der Waals surface area contributed by atoms with Gasteiger partial charge in [0.2, 0.25) is 6.10 Å². The zero-order valence-electron chi connectivity index (χ0n) is 10.7. The highest BCUT2D eigenvalue weighted by atomic mass is 32.2. The molecule has 1 N–H and O–H groups in total. The summed E-state index contributed by atoms with van der Waals surface area (Å²) in [5, 5.41) is 8.82. The number of hydrogen-bond acceptors (Lipinski definition) is 6. The van der Waals surface area contributed by atoms with E-state index < -0.39 is 24.0 Å². The van der Waals surface area contributed by atoms with Crippen molar-refractivity contribution in [1.29, 1.82) is 0 Å². The lowest BCUT2D eigenvalue weighted by Crippen LogP contribution is -2.32. The first-order valence-corrected chi connectivity index (χ1v) is 7.66. The highest BCUT2D eigenvalue weighted by molar-refractivity contribution is 8.13. The van der Waals surface area contributed by atoms with E-state index >= 15 is 0 Å². The first-order valence-electron chi connectivity index (χ1n) is 5.52. The third-order valence-electron chi connectivity index (χ3n) is 1.95. The molecule has 0 amide bonds. The summed E-state index contributed by atoms with van der Waals surface area (Å²) in [5.41, 5.74) is 0. The third-order valence-corrected chi connectivity index (χ3v) is 3.97. The van der Waals surface area contributed by atoms with E-state index in [-0.39, 0.29) is 10.9 Å². The third kappa shape index (κ3) is 7.60. The Balaban J connectivity index is 4.22. The molecule has 2 atom stereocenters. The smallest absolute Gasteiger partial charge is 0.345 e. The van der Waals surface area contributed by atoms with Gasteiger partial charge in [-0.25, -0.2) is 4.79 Å². The van der Waals surface area contributed by atoms with Crippen LogP contribution in [-0.4, -0.2) is 45.5 Å². The molecule has 0 aromatic carbocycles. The van der Waals surface area contributed by atoms with Gasteiger partial charge in [0.15, 0.2) is 5.12 Å². The van der Waals surface area contributed by atoms with Crippen LogP contribution in [0.25, 0.3) is 0 Å². The topological polar surface area (TPSA) is 80.7 Å². The highest BCUT2D eigenvalue weighted by Crippen LogP contribution is 2.13. The minimum absolute atomic E-state index is 0.0778. The van der Waals surface area contributed by atoms with Crippen molar-refractivity contribution in [2.75, 3.05) is 17.3 Å². The van der Waals surface area contributed by atoms with E-state index in [2.05, 4.69) is 0 Å². The van der Waals surface area contributed by atoms with Crippen LogP contribution in [0.1, 0.15) is 20.8 Å². The Bertz CT molecular complexity index is 306. The van der Waals surface area contributed by atoms with E-state index in [0.717, 1.165) is 17.5 Å². The molecule has 7 heteroatoms. The number of carbonyl (C=O) groups excluding carboxylic acids is 2. The number of hydrogen-bond donors (Lipinski definition) is 1. The van der Waals surface area contributed by atoms with Crippen molar-refractivity contribution in [3.8, 4) is 0 Å². The summed E-state index contributed by atoms with van der Waals surface area (Å²) in [6.45, 7) is 4.93.